The summed E-state index contributed by atoms with van der Waals surface area (Å²) in [5.74, 6) is 10.0. The maximum atomic E-state index is 3.37. The molecule has 1 saturated heterocycles. The molecular weight excluding hydrogens is 220 g/mol. The zero-order valence-corrected chi connectivity index (χ0v) is 11.9. The first-order valence-electron chi connectivity index (χ1n) is 5.75. The van der Waals surface area contributed by atoms with Gasteiger partial charge in [-0.15, -0.1) is 29.4 Å². The lowest BCUT2D eigenvalue weighted by Gasteiger charge is -2.34. The first-order chi connectivity index (χ1) is 7.04. The summed E-state index contributed by atoms with van der Waals surface area (Å²) in [7, 11) is 0. The van der Waals surface area contributed by atoms with Gasteiger partial charge in [0.05, 0.1) is 0 Å². The van der Waals surface area contributed by atoms with Crippen LogP contribution in [0.25, 0.3) is 0 Å². The summed E-state index contributed by atoms with van der Waals surface area (Å²) < 4.78 is 0.537. The fourth-order valence-corrected chi connectivity index (χ4v) is 4.76. The third kappa shape index (κ3) is 4.74. The second kappa shape index (κ2) is 6.11. The van der Waals surface area contributed by atoms with Crippen LogP contribution in [0, 0.1) is 23.2 Å². The monoisotopic (exact) mass is 242 g/mol. The van der Waals surface area contributed by atoms with Gasteiger partial charge in [-0.3, -0.25) is 0 Å². The molecule has 0 nitrogen and oxygen atoms in total. The molecule has 0 spiro atoms. The second-order valence-electron chi connectivity index (χ2n) is 5.13. The van der Waals surface area contributed by atoms with Crippen LogP contribution in [-0.4, -0.2) is 16.1 Å². The van der Waals surface area contributed by atoms with Crippen molar-refractivity contribution < 1.29 is 0 Å². The molecule has 0 aromatic carbocycles. The SMILES string of the molecule is CCCC#CC1SCC(C(C)(C)C)CS1. The largest absolute Gasteiger partial charge is 0.134 e. The van der Waals surface area contributed by atoms with Crippen molar-refractivity contribution in [2.45, 2.75) is 45.1 Å². The van der Waals surface area contributed by atoms with E-state index in [1.165, 1.54) is 17.9 Å². The van der Waals surface area contributed by atoms with Crippen LogP contribution in [-0.2, 0) is 0 Å². The molecule has 1 aliphatic heterocycles. The average Bonchev–Trinajstić information content (AvgIpc) is 2.18. The highest BCUT2D eigenvalue weighted by molar-refractivity contribution is 8.17. The van der Waals surface area contributed by atoms with Gasteiger partial charge in [-0.25, -0.2) is 0 Å². The molecule has 2 heteroatoms. The van der Waals surface area contributed by atoms with Crippen LogP contribution < -0.4 is 0 Å². The topological polar surface area (TPSA) is 0 Å². The molecule has 0 bridgehead atoms. The van der Waals surface area contributed by atoms with E-state index in [1.54, 1.807) is 0 Å². The van der Waals surface area contributed by atoms with Crippen LogP contribution in [0.15, 0.2) is 0 Å². The Morgan fingerprint density at radius 2 is 1.80 bits per heavy atom. The fraction of sp³-hybridized carbons (Fsp3) is 0.846. The van der Waals surface area contributed by atoms with E-state index >= 15 is 0 Å². The van der Waals surface area contributed by atoms with Crippen molar-refractivity contribution in [2.24, 2.45) is 11.3 Å². The lowest BCUT2D eigenvalue weighted by molar-refractivity contribution is 0.293. The molecule has 0 amide bonds. The Morgan fingerprint density at radius 1 is 1.20 bits per heavy atom. The molecule has 15 heavy (non-hydrogen) atoms. The number of rotatable bonds is 1. The maximum absolute atomic E-state index is 3.37. The number of hydrogen-bond acceptors (Lipinski definition) is 2. The van der Waals surface area contributed by atoms with Crippen molar-refractivity contribution in [1.29, 1.82) is 0 Å². The molecule has 86 valence electrons. The van der Waals surface area contributed by atoms with E-state index in [4.69, 9.17) is 0 Å². The lowest BCUT2D eigenvalue weighted by Crippen LogP contribution is -2.29. The van der Waals surface area contributed by atoms with Gasteiger partial charge in [0.2, 0.25) is 0 Å². The van der Waals surface area contributed by atoms with Crippen molar-refractivity contribution >= 4 is 23.5 Å². The third-order valence-electron chi connectivity index (χ3n) is 2.72. The van der Waals surface area contributed by atoms with Crippen molar-refractivity contribution in [2.75, 3.05) is 11.5 Å². The minimum atomic E-state index is 0.460. The van der Waals surface area contributed by atoms with E-state index in [1.807, 2.05) is 23.5 Å². The summed E-state index contributed by atoms with van der Waals surface area (Å²) in [6.45, 7) is 9.23. The zero-order chi connectivity index (χ0) is 11.3. The highest BCUT2D eigenvalue weighted by Gasteiger charge is 2.29. The van der Waals surface area contributed by atoms with Crippen molar-refractivity contribution in [3.63, 3.8) is 0 Å². The molecule has 0 aliphatic carbocycles. The summed E-state index contributed by atoms with van der Waals surface area (Å²) in [5.41, 5.74) is 0.460. The Labute approximate surface area is 103 Å². The number of unbranched alkanes of at least 4 members (excludes halogenated alkanes) is 1. The first kappa shape index (κ1) is 13.3. The predicted octanol–water partition coefficient (Wildman–Crippen LogP) is 4.26. The molecule has 0 unspecified atom stereocenters. The minimum absolute atomic E-state index is 0.460. The molecular formula is C13H22S2. The quantitative estimate of drug-likeness (QED) is 0.630. The van der Waals surface area contributed by atoms with Gasteiger partial charge in [-0.2, -0.15) is 0 Å². The van der Waals surface area contributed by atoms with Crippen LogP contribution in [0.3, 0.4) is 0 Å². The molecule has 0 saturated carbocycles. The van der Waals surface area contributed by atoms with Crippen molar-refractivity contribution in [1.82, 2.24) is 0 Å². The van der Waals surface area contributed by atoms with E-state index in [2.05, 4.69) is 39.5 Å². The van der Waals surface area contributed by atoms with E-state index in [0.29, 0.717) is 10.00 Å². The van der Waals surface area contributed by atoms with E-state index < -0.39 is 0 Å². The summed E-state index contributed by atoms with van der Waals surface area (Å²) in [4.78, 5) is 0. The maximum Gasteiger partial charge on any atom is 0.111 e. The normalized spacial score (nSPS) is 26.9. The molecule has 0 atom stereocenters. The first-order valence-corrected chi connectivity index (χ1v) is 7.85. The summed E-state index contributed by atoms with van der Waals surface area (Å²) in [5, 5.41) is 0. The number of thioether (sulfide) groups is 2. The van der Waals surface area contributed by atoms with Gasteiger partial charge in [-0.05, 0) is 29.3 Å². The fourth-order valence-electron chi connectivity index (χ4n) is 1.37. The van der Waals surface area contributed by atoms with Gasteiger partial charge >= 0.3 is 0 Å². The predicted molar refractivity (Wildman–Crippen MR) is 74.3 cm³/mol. The molecule has 0 aromatic rings. The molecule has 1 fully saturated rings. The minimum Gasteiger partial charge on any atom is -0.134 e. The molecule has 0 aromatic heterocycles. The Bertz CT molecular complexity index is 233. The van der Waals surface area contributed by atoms with Crippen LogP contribution in [0.2, 0.25) is 0 Å². The Kier molecular flexibility index (Phi) is 5.43. The van der Waals surface area contributed by atoms with Crippen molar-refractivity contribution in [3.8, 4) is 11.8 Å². The van der Waals surface area contributed by atoms with Gasteiger partial charge < -0.3 is 0 Å². The van der Waals surface area contributed by atoms with Crippen LogP contribution in [0.1, 0.15) is 40.5 Å². The van der Waals surface area contributed by atoms with E-state index in [0.717, 1.165) is 12.3 Å². The second-order valence-corrected chi connectivity index (χ2v) is 7.71. The molecule has 0 radical (unpaired) electrons. The summed E-state index contributed by atoms with van der Waals surface area (Å²) >= 11 is 4.08. The van der Waals surface area contributed by atoms with Crippen molar-refractivity contribution in [3.05, 3.63) is 0 Å². The van der Waals surface area contributed by atoms with Gasteiger partial charge in [0.1, 0.15) is 4.58 Å². The van der Waals surface area contributed by atoms with Gasteiger partial charge in [-0.1, -0.05) is 33.6 Å². The average molecular weight is 242 g/mol. The molecule has 1 heterocycles. The highest BCUT2D eigenvalue weighted by Crippen LogP contribution is 2.40. The van der Waals surface area contributed by atoms with Gasteiger partial charge in [0, 0.05) is 6.42 Å². The molecule has 1 aliphatic rings. The standard InChI is InChI=1S/C13H22S2/c1-5-6-7-8-12-14-9-11(10-15-12)13(2,3)4/h11-12H,5-6,9-10H2,1-4H3. The Hall–Kier alpha value is 0.260. The van der Waals surface area contributed by atoms with Crippen LogP contribution in [0.4, 0.5) is 0 Å². The van der Waals surface area contributed by atoms with E-state index in [-0.39, 0.29) is 0 Å². The molecule has 1 rings (SSSR count). The number of hydrogen-bond donors (Lipinski definition) is 0. The lowest BCUT2D eigenvalue weighted by atomic mass is 9.83. The zero-order valence-electron chi connectivity index (χ0n) is 10.3. The van der Waals surface area contributed by atoms with Crippen LogP contribution >= 0.6 is 23.5 Å². The smallest absolute Gasteiger partial charge is 0.111 e. The van der Waals surface area contributed by atoms with Gasteiger partial charge in [0.25, 0.3) is 0 Å². The Morgan fingerprint density at radius 3 is 2.27 bits per heavy atom. The summed E-state index contributed by atoms with van der Waals surface area (Å²) in [6, 6.07) is 0. The molecule has 0 N–H and O–H groups in total. The van der Waals surface area contributed by atoms with Crippen LogP contribution in [0.5, 0.6) is 0 Å². The summed E-state index contributed by atoms with van der Waals surface area (Å²) in [6.07, 6.45) is 2.24. The Balaban J connectivity index is 2.34. The van der Waals surface area contributed by atoms with Gasteiger partial charge in [0.15, 0.2) is 0 Å². The third-order valence-corrected chi connectivity index (χ3v) is 5.56. The highest BCUT2D eigenvalue weighted by atomic mass is 32.2. The van der Waals surface area contributed by atoms with E-state index in [9.17, 15) is 0 Å².